The summed E-state index contributed by atoms with van der Waals surface area (Å²) < 4.78 is 19.7. The van der Waals surface area contributed by atoms with Gasteiger partial charge >= 0.3 is 5.97 Å². The lowest BCUT2D eigenvalue weighted by molar-refractivity contribution is -0.138. The summed E-state index contributed by atoms with van der Waals surface area (Å²) in [5.41, 5.74) is 2.42. The molecule has 146 valence electrons. The zero-order chi connectivity index (χ0) is 20.5. The van der Waals surface area contributed by atoms with Gasteiger partial charge in [0.1, 0.15) is 5.82 Å². The van der Waals surface area contributed by atoms with Crippen LogP contribution in [0.3, 0.4) is 0 Å². The second-order valence-electron chi connectivity index (χ2n) is 6.74. The number of halogens is 1. The first-order valence-corrected chi connectivity index (χ1v) is 9.35. The average Bonchev–Trinajstić information content (AvgIpc) is 2.73. The number of pyridine rings is 1. The first kappa shape index (κ1) is 18.8. The van der Waals surface area contributed by atoms with E-state index >= 15 is 0 Å². The van der Waals surface area contributed by atoms with E-state index in [1.807, 2.05) is 12.1 Å². The first-order chi connectivity index (χ1) is 14.0. The van der Waals surface area contributed by atoms with Crippen LogP contribution in [0, 0.1) is 5.82 Å². The Labute approximate surface area is 167 Å². The fourth-order valence-electron chi connectivity index (χ4n) is 3.63. The Morgan fingerprint density at radius 2 is 1.93 bits per heavy atom. The van der Waals surface area contributed by atoms with Gasteiger partial charge in [0.15, 0.2) is 0 Å². The molecule has 0 saturated carbocycles. The molecule has 2 aromatic carbocycles. The molecular formula is C23H19FN2O3. The van der Waals surface area contributed by atoms with Crippen LogP contribution in [-0.4, -0.2) is 23.5 Å². The van der Waals surface area contributed by atoms with Gasteiger partial charge in [-0.2, -0.15) is 0 Å². The van der Waals surface area contributed by atoms with Crippen molar-refractivity contribution in [2.75, 3.05) is 11.5 Å². The predicted molar refractivity (Wildman–Crippen MR) is 108 cm³/mol. The van der Waals surface area contributed by atoms with E-state index < -0.39 is 17.7 Å². The highest BCUT2D eigenvalue weighted by Crippen LogP contribution is 2.36. The highest BCUT2D eigenvalue weighted by Gasteiger charge is 2.35. The van der Waals surface area contributed by atoms with Crippen LogP contribution in [0.25, 0.3) is 10.9 Å². The maximum absolute atomic E-state index is 14.6. The van der Waals surface area contributed by atoms with Gasteiger partial charge in [0, 0.05) is 23.7 Å². The third-order valence-electron chi connectivity index (χ3n) is 5.01. The number of ether oxygens (including phenoxy) is 1. The normalized spacial score (nSPS) is 15.3. The van der Waals surface area contributed by atoms with E-state index in [1.54, 1.807) is 50.4 Å². The van der Waals surface area contributed by atoms with Crippen LogP contribution in [0.2, 0.25) is 0 Å². The molecule has 0 saturated heterocycles. The van der Waals surface area contributed by atoms with Gasteiger partial charge < -0.3 is 4.74 Å². The summed E-state index contributed by atoms with van der Waals surface area (Å²) in [6.45, 7) is 3.56. The summed E-state index contributed by atoms with van der Waals surface area (Å²) >= 11 is 0. The molecule has 1 aliphatic rings. The molecule has 5 nitrogen and oxygen atoms in total. The van der Waals surface area contributed by atoms with Gasteiger partial charge in [0.2, 0.25) is 0 Å². The SMILES string of the molecule is CCOC(=O)/C(C)=C1/Cc2cccc(F)c2C(=O)N1c1cccc2cccnc12. The number of rotatable bonds is 3. The number of allylic oxidation sites excluding steroid dienone is 1. The Balaban J connectivity index is 1.99. The summed E-state index contributed by atoms with van der Waals surface area (Å²) in [6, 6.07) is 13.7. The second-order valence-corrected chi connectivity index (χ2v) is 6.74. The molecule has 1 aliphatic heterocycles. The van der Waals surface area contributed by atoms with Crippen molar-refractivity contribution in [2.45, 2.75) is 20.3 Å². The lowest BCUT2D eigenvalue weighted by atomic mass is 9.93. The van der Waals surface area contributed by atoms with E-state index in [0.717, 1.165) is 5.39 Å². The topological polar surface area (TPSA) is 59.5 Å². The molecule has 3 aromatic rings. The molecule has 0 radical (unpaired) electrons. The average molecular weight is 390 g/mol. The van der Waals surface area contributed by atoms with Crippen LogP contribution in [0.15, 0.2) is 66.0 Å². The Kier molecular flexibility index (Phi) is 4.84. The van der Waals surface area contributed by atoms with Crippen molar-refractivity contribution < 1.29 is 18.7 Å². The molecule has 6 heteroatoms. The van der Waals surface area contributed by atoms with E-state index in [2.05, 4.69) is 4.98 Å². The number of nitrogens with zero attached hydrogens (tertiary/aromatic N) is 2. The second kappa shape index (κ2) is 7.47. The quantitative estimate of drug-likeness (QED) is 0.491. The maximum Gasteiger partial charge on any atom is 0.335 e. The van der Waals surface area contributed by atoms with Crippen molar-refractivity contribution >= 4 is 28.5 Å². The number of aromatic nitrogens is 1. The molecule has 1 amide bonds. The minimum absolute atomic E-state index is 0.0147. The molecule has 4 rings (SSSR count). The van der Waals surface area contributed by atoms with E-state index in [9.17, 15) is 14.0 Å². The summed E-state index contributed by atoms with van der Waals surface area (Å²) in [6.07, 6.45) is 1.86. The highest BCUT2D eigenvalue weighted by molar-refractivity contribution is 6.15. The number of para-hydroxylation sites is 1. The zero-order valence-corrected chi connectivity index (χ0v) is 16.1. The molecule has 0 aliphatic carbocycles. The number of carbonyl (C=O) groups is 2. The van der Waals surface area contributed by atoms with Crippen molar-refractivity contribution in [2.24, 2.45) is 0 Å². The Bertz CT molecular complexity index is 1160. The molecule has 0 N–H and O–H groups in total. The Morgan fingerprint density at radius 3 is 2.72 bits per heavy atom. The van der Waals surface area contributed by atoms with Crippen molar-refractivity contribution in [3.05, 3.63) is 82.9 Å². The van der Waals surface area contributed by atoms with Gasteiger partial charge in [-0.25, -0.2) is 9.18 Å². The molecule has 1 aromatic heterocycles. The van der Waals surface area contributed by atoms with Crippen LogP contribution in [-0.2, 0) is 16.0 Å². The fraction of sp³-hybridized carbons (Fsp3) is 0.174. The number of hydrogen-bond donors (Lipinski definition) is 0. The summed E-state index contributed by atoms with van der Waals surface area (Å²) in [4.78, 5) is 31.7. The maximum atomic E-state index is 14.6. The molecule has 0 fully saturated rings. The van der Waals surface area contributed by atoms with E-state index in [1.165, 1.54) is 11.0 Å². The lowest BCUT2D eigenvalue weighted by Crippen LogP contribution is -2.38. The lowest BCUT2D eigenvalue weighted by Gasteiger charge is -2.33. The van der Waals surface area contributed by atoms with Crippen LogP contribution in [0.5, 0.6) is 0 Å². The van der Waals surface area contributed by atoms with Crippen molar-refractivity contribution in [3.8, 4) is 0 Å². The third-order valence-corrected chi connectivity index (χ3v) is 5.01. The standard InChI is InChI=1S/C23H19FN2O3/c1-3-29-23(28)14(2)19-13-16-8-4-10-17(24)20(16)22(27)26(19)18-11-5-7-15-9-6-12-25-21(15)18/h4-12H,3,13H2,1-2H3/b19-14-. The smallest absolute Gasteiger partial charge is 0.335 e. The minimum atomic E-state index is -0.585. The van der Waals surface area contributed by atoms with Crippen LogP contribution in [0.4, 0.5) is 10.1 Å². The number of carbonyl (C=O) groups excluding carboxylic acids is 2. The number of amides is 1. The first-order valence-electron chi connectivity index (χ1n) is 9.35. The van der Waals surface area contributed by atoms with Crippen molar-refractivity contribution in [3.63, 3.8) is 0 Å². The van der Waals surface area contributed by atoms with Crippen LogP contribution >= 0.6 is 0 Å². The van der Waals surface area contributed by atoms with Gasteiger partial charge in [0.25, 0.3) is 5.91 Å². The summed E-state index contributed by atoms with van der Waals surface area (Å²) in [5.74, 6) is -1.62. The van der Waals surface area contributed by atoms with Crippen molar-refractivity contribution in [1.29, 1.82) is 0 Å². The van der Waals surface area contributed by atoms with Crippen LogP contribution < -0.4 is 4.90 Å². The van der Waals surface area contributed by atoms with Gasteiger partial charge in [-0.05, 0) is 37.6 Å². The number of benzene rings is 2. The van der Waals surface area contributed by atoms with E-state index in [4.69, 9.17) is 4.74 Å². The fourth-order valence-corrected chi connectivity index (χ4v) is 3.63. The van der Waals surface area contributed by atoms with E-state index in [0.29, 0.717) is 28.0 Å². The molecule has 0 atom stereocenters. The molecule has 0 bridgehead atoms. The molecular weight excluding hydrogens is 371 g/mol. The van der Waals surface area contributed by atoms with Crippen molar-refractivity contribution in [1.82, 2.24) is 4.98 Å². The number of hydrogen-bond acceptors (Lipinski definition) is 4. The summed E-state index contributed by atoms with van der Waals surface area (Å²) in [7, 11) is 0. The molecule has 2 heterocycles. The zero-order valence-electron chi connectivity index (χ0n) is 16.1. The molecule has 29 heavy (non-hydrogen) atoms. The predicted octanol–water partition coefficient (Wildman–Crippen LogP) is 4.41. The monoisotopic (exact) mass is 390 g/mol. The summed E-state index contributed by atoms with van der Waals surface area (Å²) in [5, 5.41) is 0.838. The number of esters is 1. The third kappa shape index (κ3) is 3.16. The van der Waals surface area contributed by atoms with Gasteiger partial charge in [0.05, 0.1) is 28.9 Å². The number of anilines is 1. The van der Waals surface area contributed by atoms with Gasteiger partial charge in [-0.3, -0.25) is 14.7 Å². The number of fused-ring (bicyclic) bond motifs is 2. The highest BCUT2D eigenvalue weighted by atomic mass is 19.1. The van der Waals surface area contributed by atoms with Crippen LogP contribution in [0.1, 0.15) is 29.8 Å². The minimum Gasteiger partial charge on any atom is -0.463 e. The molecule has 0 spiro atoms. The van der Waals surface area contributed by atoms with E-state index in [-0.39, 0.29) is 18.6 Å². The van der Waals surface area contributed by atoms with Gasteiger partial charge in [-0.15, -0.1) is 0 Å². The largest absolute Gasteiger partial charge is 0.463 e. The Hall–Kier alpha value is -3.54. The Morgan fingerprint density at radius 1 is 1.17 bits per heavy atom. The molecule has 0 unspecified atom stereocenters. The van der Waals surface area contributed by atoms with Gasteiger partial charge in [-0.1, -0.05) is 30.3 Å².